The Morgan fingerprint density at radius 1 is 1.29 bits per heavy atom. The molecule has 24 heavy (non-hydrogen) atoms. The highest BCUT2D eigenvalue weighted by Gasteiger charge is 2.48. The average molecular weight is 342 g/mol. The van der Waals surface area contributed by atoms with Crippen LogP contribution in [-0.2, 0) is 11.2 Å². The van der Waals surface area contributed by atoms with E-state index in [9.17, 15) is 4.79 Å². The molecule has 2 bridgehead atoms. The third-order valence-electron chi connectivity index (χ3n) is 5.40. The quantitative estimate of drug-likeness (QED) is 0.873. The summed E-state index contributed by atoms with van der Waals surface area (Å²) in [5.74, 6) is 1.21. The van der Waals surface area contributed by atoms with E-state index in [0.717, 1.165) is 35.7 Å². The molecule has 2 aromatic rings. The number of nitrogens with one attached hydrogen (secondary N) is 1. The van der Waals surface area contributed by atoms with Gasteiger partial charge in [0, 0.05) is 30.6 Å². The minimum absolute atomic E-state index is 0.0177. The molecule has 2 aromatic heterocycles. The maximum Gasteiger partial charge on any atom is 0.224 e. The van der Waals surface area contributed by atoms with Crippen molar-refractivity contribution < 1.29 is 4.79 Å². The standard InChI is InChI=1S/C18H22N4OS/c19-17-12-5-4-11(9-12)16(17)18(23)21-8-6-15-22-14(10-24-15)13-3-1-2-7-20-13/h1-3,7,10-12,16-17H,4-6,8-9,19H2,(H,21,23). The SMILES string of the molecule is NC1C2CCC(C2)C1C(=O)NCCc1nc(-c2ccccn2)cs1. The number of amides is 1. The number of hydrogen-bond donors (Lipinski definition) is 2. The normalized spacial score (nSPS) is 28.2. The molecule has 6 heteroatoms. The van der Waals surface area contributed by atoms with E-state index in [4.69, 9.17) is 5.73 Å². The van der Waals surface area contributed by atoms with E-state index in [0.29, 0.717) is 18.4 Å². The zero-order valence-electron chi connectivity index (χ0n) is 13.5. The zero-order valence-corrected chi connectivity index (χ0v) is 14.3. The van der Waals surface area contributed by atoms with E-state index >= 15 is 0 Å². The number of fused-ring (bicyclic) bond motifs is 2. The van der Waals surface area contributed by atoms with Gasteiger partial charge in [-0.05, 0) is 43.2 Å². The Kier molecular flexibility index (Phi) is 4.33. The molecule has 0 spiro atoms. The van der Waals surface area contributed by atoms with Gasteiger partial charge in [0.2, 0.25) is 5.91 Å². The molecule has 0 saturated heterocycles. The predicted octanol–water partition coefficient (Wildman–Crippen LogP) is 2.24. The highest BCUT2D eigenvalue weighted by Crippen LogP contribution is 2.47. The Morgan fingerprint density at radius 3 is 2.92 bits per heavy atom. The number of hydrogen-bond acceptors (Lipinski definition) is 5. The molecule has 2 heterocycles. The molecule has 3 N–H and O–H groups in total. The Labute approximate surface area is 145 Å². The van der Waals surface area contributed by atoms with Crippen LogP contribution in [0, 0.1) is 17.8 Å². The van der Waals surface area contributed by atoms with Gasteiger partial charge in [-0.2, -0.15) is 0 Å². The Hall–Kier alpha value is -1.79. The topological polar surface area (TPSA) is 80.9 Å². The van der Waals surface area contributed by atoms with Gasteiger partial charge in [0.1, 0.15) is 0 Å². The van der Waals surface area contributed by atoms with Crippen molar-refractivity contribution >= 4 is 17.2 Å². The highest BCUT2D eigenvalue weighted by molar-refractivity contribution is 7.09. The summed E-state index contributed by atoms with van der Waals surface area (Å²) in [6.45, 7) is 0.620. The lowest BCUT2D eigenvalue weighted by molar-refractivity contribution is -0.127. The minimum atomic E-state index is 0.0177. The summed E-state index contributed by atoms with van der Waals surface area (Å²) in [6.07, 6.45) is 6.02. The lowest BCUT2D eigenvalue weighted by Gasteiger charge is -2.26. The Bertz CT molecular complexity index is 715. The molecule has 2 saturated carbocycles. The van der Waals surface area contributed by atoms with Crippen molar-refractivity contribution in [2.24, 2.45) is 23.5 Å². The first-order valence-electron chi connectivity index (χ1n) is 8.61. The number of nitrogens with two attached hydrogens (primary N) is 1. The van der Waals surface area contributed by atoms with E-state index in [-0.39, 0.29) is 17.9 Å². The lowest BCUT2D eigenvalue weighted by atomic mass is 9.84. The van der Waals surface area contributed by atoms with E-state index in [1.807, 2.05) is 23.6 Å². The molecule has 4 rings (SSSR count). The third-order valence-corrected chi connectivity index (χ3v) is 6.31. The van der Waals surface area contributed by atoms with Crippen LogP contribution in [0.4, 0.5) is 0 Å². The maximum atomic E-state index is 12.4. The van der Waals surface area contributed by atoms with Gasteiger partial charge in [-0.3, -0.25) is 9.78 Å². The molecule has 126 valence electrons. The summed E-state index contributed by atoms with van der Waals surface area (Å²) in [6, 6.07) is 5.86. The lowest BCUT2D eigenvalue weighted by Crippen LogP contribution is -2.45. The summed E-state index contributed by atoms with van der Waals surface area (Å²) in [4.78, 5) is 21.4. The molecule has 0 aliphatic heterocycles. The van der Waals surface area contributed by atoms with Gasteiger partial charge in [-0.15, -0.1) is 11.3 Å². The summed E-state index contributed by atoms with van der Waals surface area (Å²) in [5, 5.41) is 6.11. The van der Waals surface area contributed by atoms with Gasteiger partial charge in [0.05, 0.1) is 22.3 Å². The van der Waals surface area contributed by atoms with Crippen LogP contribution in [0.25, 0.3) is 11.4 Å². The molecule has 1 amide bonds. The average Bonchev–Trinajstić information content (AvgIpc) is 3.31. The van der Waals surface area contributed by atoms with Crippen molar-refractivity contribution in [2.75, 3.05) is 6.54 Å². The molecule has 2 aliphatic rings. The van der Waals surface area contributed by atoms with Crippen molar-refractivity contribution in [3.63, 3.8) is 0 Å². The van der Waals surface area contributed by atoms with Crippen molar-refractivity contribution in [2.45, 2.75) is 31.7 Å². The molecule has 4 atom stereocenters. The van der Waals surface area contributed by atoms with Crippen LogP contribution in [-0.4, -0.2) is 28.5 Å². The Balaban J connectivity index is 1.30. The predicted molar refractivity (Wildman–Crippen MR) is 94.4 cm³/mol. The second-order valence-electron chi connectivity index (χ2n) is 6.82. The second kappa shape index (κ2) is 6.61. The molecule has 5 nitrogen and oxygen atoms in total. The van der Waals surface area contributed by atoms with Crippen LogP contribution in [0.5, 0.6) is 0 Å². The summed E-state index contributed by atoms with van der Waals surface area (Å²) >= 11 is 1.61. The Morgan fingerprint density at radius 2 is 2.17 bits per heavy atom. The fourth-order valence-electron chi connectivity index (χ4n) is 4.19. The van der Waals surface area contributed by atoms with E-state index < -0.39 is 0 Å². The largest absolute Gasteiger partial charge is 0.355 e. The van der Waals surface area contributed by atoms with Gasteiger partial charge in [-0.25, -0.2) is 4.98 Å². The van der Waals surface area contributed by atoms with Crippen LogP contribution in [0.15, 0.2) is 29.8 Å². The van der Waals surface area contributed by atoms with Gasteiger partial charge in [0.25, 0.3) is 0 Å². The van der Waals surface area contributed by atoms with Crippen LogP contribution in [0.1, 0.15) is 24.3 Å². The van der Waals surface area contributed by atoms with E-state index in [2.05, 4.69) is 15.3 Å². The first-order valence-corrected chi connectivity index (χ1v) is 9.49. The fraction of sp³-hybridized carbons (Fsp3) is 0.500. The first-order chi connectivity index (χ1) is 11.7. The van der Waals surface area contributed by atoms with Crippen LogP contribution >= 0.6 is 11.3 Å². The van der Waals surface area contributed by atoms with Gasteiger partial charge >= 0.3 is 0 Å². The van der Waals surface area contributed by atoms with Crippen molar-refractivity contribution in [1.29, 1.82) is 0 Å². The smallest absolute Gasteiger partial charge is 0.224 e. The number of carbonyl (C=O) groups is 1. The van der Waals surface area contributed by atoms with Crippen molar-refractivity contribution in [3.05, 3.63) is 34.8 Å². The van der Waals surface area contributed by atoms with Crippen LogP contribution in [0.3, 0.4) is 0 Å². The third kappa shape index (κ3) is 2.96. The number of rotatable bonds is 5. The fourth-order valence-corrected chi connectivity index (χ4v) is 4.99. The number of thiazole rings is 1. The molecular formula is C18H22N4OS. The number of aromatic nitrogens is 2. The molecule has 2 fully saturated rings. The number of nitrogens with zero attached hydrogens (tertiary/aromatic N) is 2. The minimum Gasteiger partial charge on any atom is -0.355 e. The maximum absolute atomic E-state index is 12.4. The van der Waals surface area contributed by atoms with Crippen LogP contribution in [0.2, 0.25) is 0 Å². The first kappa shape index (κ1) is 15.7. The van der Waals surface area contributed by atoms with Gasteiger partial charge in [0.15, 0.2) is 0 Å². The number of carbonyl (C=O) groups excluding carboxylic acids is 1. The monoisotopic (exact) mass is 342 g/mol. The molecule has 0 radical (unpaired) electrons. The molecule has 2 aliphatic carbocycles. The molecular weight excluding hydrogens is 320 g/mol. The van der Waals surface area contributed by atoms with Crippen molar-refractivity contribution in [1.82, 2.24) is 15.3 Å². The second-order valence-corrected chi connectivity index (χ2v) is 7.76. The van der Waals surface area contributed by atoms with E-state index in [1.54, 1.807) is 17.5 Å². The highest BCUT2D eigenvalue weighted by atomic mass is 32.1. The summed E-state index contributed by atoms with van der Waals surface area (Å²) in [7, 11) is 0. The molecule has 0 aromatic carbocycles. The summed E-state index contributed by atoms with van der Waals surface area (Å²) < 4.78 is 0. The van der Waals surface area contributed by atoms with Crippen LogP contribution < -0.4 is 11.1 Å². The number of pyridine rings is 1. The zero-order chi connectivity index (χ0) is 16.5. The van der Waals surface area contributed by atoms with Crippen molar-refractivity contribution in [3.8, 4) is 11.4 Å². The van der Waals surface area contributed by atoms with Gasteiger partial charge in [-0.1, -0.05) is 6.07 Å². The molecule has 4 unspecified atom stereocenters. The van der Waals surface area contributed by atoms with Gasteiger partial charge < -0.3 is 11.1 Å². The summed E-state index contributed by atoms with van der Waals surface area (Å²) in [5.41, 5.74) is 8.02. The van der Waals surface area contributed by atoms with E-state index in [1.165, 1.54) is 6.42 Å².